The van der Waals surface area contributed by atoms with Crippen molar-refractivity contribution in [1.82, 2.24) is 15.3 Å². The Morgan fingerprint density at radius 1 is 1.10 bits per heavy atom. The number of hydrogen-bond donors (Lipinski definition) is 2. The third-order valence-electron chi connectivity index (χ3n) is 6.29. The molecule has 2 fully saturated rings. The first-order valence-electron chi connectivity index (χ1n) is 11.3. The Kier molecular flexibility index (Phi) is 7.48. The predicted molar refractivity (Wildman–Crippen MR) is 132 cm³/mol. The normalized spacial score (nSPS) is 18.4. The third-order valence-corrected chi connectivity index (χ3v) is 6.38. The van der Waals surface area contributed by atoms with Crippen LogP contribution in [0, 0.1) is 5.92 Å². The van der Waals surface area contributed by atoms with Crippen LogP contribution in [0.15, 0.2) is 47.7 Å². The molecule has 1 aliphatic heterocycles. The summed E-state index contributed by atoms with van der Waals surface area (Å²) in [6.07, 6.45) is 10.8. The number of hydrazone groups is 1. The number of thiocarbonyl (C=S) groups is 1. The number of pyridine rings is 1. The minimum absolute atomic E-state index is 0.155. The fourth-order valence-corrected chi connectivity index (χ4v) is 4.66. The molecular weight excluding hydrogens is 404 g/mol. The number of hydrogen-bond acceptors (Lipinski definition) is 5. The van der Waals surface area contributed by atoms with Crippen molar-refractivity contribution in [2.24, 2.45) is 16.8 Å². The molecule has 4 rings (SSSR count). The van der Waals surface area contributed by atoms with Crippen molar-refractivity contribution in [3.63, 3.8) is 0 Å². The van der Waals surface area contributed by atoms with Crippen LogP contribution in [0.5, 0.6) is 0 Å². The Labute approximate surface area is 190 Å². The molecule has 0 atom stereocenters. The zero-order valence-electron chi connectivity index (χ0n) is 18.0. The minimum Gasteiger partial charge on any atom is -0.375 e. The molecule has 1 saturated heterocycles. The number of anilines is 1. The van der Waals surface area contributed by atoms with Crippen LogP contribution >= 0.6 is 12.2 Å². The molecule has 0 spiro atoms. The van der Waals surface area contributed by atoms with Crippen molar-refractivity contribution >= 4 is 29.4 Å². The van der Waals surface area contributed by atoms with E-state index in [1.165, 1.54) is 38.6 Å². The van der Waals surface area contributed by atoms with Gasteiger partial charge < -0.3 is 10.6 Å². The van der Waals surface area contributed by atoms with Gasteiger partial charge in [-0.05, 0) is 60.3 Å². The van der Waals surface area contributed by atoms with E-state index in [9.17, 15) is 0 Å². The average Bonchev–Trinajstić information content (AvgIpc) is 2.80. The largest absolute Gasteiger partial charge is 0.375 e. The zero-order chi connectivity index (χ0) is 21.5. The van der Waals surface area contributed by atoms with E-state index in [1.807, 2.05) is 18.3 Å². The van der Waals surface area contributed by atoms with Crippen molar-refractivity contribution in [1.29, 1.82) is 0 Å². The van der Waals surface area contributed by atoms with Gasteiger partial charge in [-0.3, -0.25) is 10.3 Å². The molecule has 0 bridgehead atoms. The van der Waals surface area contributed by atoms with Gasteiger partial charge in [0.2, 0.25) is 0 Å². The van der Waals surface area contributed by atoms with Crippen molar-refractivity contribution in [3.8, 4) is 11.1 Å². The zero-order valence-corrected chi connectivity index (χ0v) is 18.9. The van der Waals surface area contributed by atoms with Crippen LogP contribution < -0.4 is 16.1 Å². The van der Waals surface area contributed by atoms with Crippen LogP contribution in [0.3, 0.4) is 0 Å². The number of nitrogens with two attached hydrogens (primary N) is 1. The number of nitrogens with zero attached hydrogens (tertiary/aromatic N) is 4. The molecule has 7 heteroatoms. The molecule has 0 amide bonds. The highest BCUT2D eigenvalue weighted by Crippen LogP contribution is 2.26. The minimum atomic E-state index is 0.155. The first-order chi connectivity index (χ1) is 15.2. The number of rotatable bonds is 6. The van der Waals surface area contributed by atoms with Gasteiger partial charge in [0.15, 0.2) is 5.11 Å². The average molecular weight is 437 g/mol. The van der Waals surface area contributed by atoms with Crippen LogP contribution in [-0.2, 0) is 0 Å². The lowest BCUT2D eigenvalue weighted by Crippen LogP contribution is -2.48. The van der Waals surface area contributed by atoms with Gasteiger partial charge in [0.25, 0.3) is 0 Å². The molecule has 31 heavy (non-hydrogen) atoms. The van der Waals surface area contributed by atoms with E-state index in [0.29, 0.717) is 0 Å². The van der Waals surface area contributed by atoms with E-state index in [0.717, 1.165) is 54.6 Å². The molecular formula is C24H32N6S. The van der Waals surface area contributed by atoms with Crippen molar-refractivity contribution in [3.05, 3.63) is 48.2 Å². The van der Waals surface area contributed by atoms with Crippen molar-refractivity contribution < 1.29 is 0 Å². The van der Waals surface area contributed by atoms with Gasteiger partial charge in [-0.15, -0.1) is 0 Å². The molecule has 6 nitrogen and oxygen atoms in total. The Balaban J connectivity index is 1.32. The Morgan fingerprint density at radius 3 is 2.61 bits per heavy atom. The molecule has 2 heterocycles. The summed E-state index contributed by atoms with van der Waals surface area (Å²) in [5.74, 6) is 1.99. The fraction of sp³-hybridized carbons (Fsp3) is 0.458. The number of piperazine rings is 1. The lowest BCUT2D eigenvalue weighted by atomic mass is 9.89. The van der Waals surface area contributed by atoms with E-state index in [-0.39, 0.29) is 5.11 Å². The predicted octanol–water partition coefficient (Wildman–Crippen LogP) is 3.62. The quantitative estimate of drug-likeness (QED) is 0.410. The summed E-state index contributed by atoms with van der Waals surface area (Å²) in [7, 11) is 0. The highest BCUT2D eigenvalue weighted by molar-refractivity contribution is 7.80. The summed E-state index contributed by atoms with van der Waals surface area (Å²) in [6.45, 7) is 5.68. The Bertz CT molecular complexity index is 883. The second kappa shape index (κ2) is 10.7. The number of aromatic nitrogens is 1. The van der Waals surface area contributed by atoms with Crippen LogP contribution in [0.25, 0.3) is 11.1 Å². The summed E-state index contributed by atoms with van der Waals surface area (Å²) >= 11 is 4.76. The molecule has 1 aromatic carbocycles. The molecule has 1 aromatic heterocycles. The summed E-state index contributed by atoms with van der Waals surface area (Å²) < 4.78 is 0. The summed E-state index contributed by atoms with van der Waals surface area (Å²) in [4.78, 5) is 9.82. The SMILES string of the molecule is NC(=S)N/N=C/c1cccc(-c2ccc(N3CCN(CC4CCCCC4)CC3)nc2)c1. The monoisotopic (exact) mass is 436 g/mol. The summed E-state index contributed by atoms with van der Waals surface area (Å²) in [5.41, 5.74) is 11.1. The topological polar surface area (TPSA) is 69.8 Å². The van der Waals surface area contributed by atoms with Crippen molar-refractivity contribution in [2.75, 3.05) is 37.6 Å². The Morgan fingerprint density at radius 2 is 1.90 bits per heavy atom. The van der Waals surface area contributed by atoms with Crippen LogP contribution in [-0.4, -0.2) is 53.9 Å². The molecule has 0 unspecified atom stereocenters. The van der Waals surface area contributed by atoms with Gasteiger partial charge in [-0.2, -0.15) is 5.10 Å². The van der Waals surface area contributed by atoms with Crippen LogP contribution in [0.2, 0.25) is 0 Å². The fourth-order valence-electron chi connectivity index (χ4n) is 4.61. The van der Waals surface area contributed by atoms with Gasteiger partial charge in [-0.25, -0.2) is 4.98 Å². The molecule has 2 aromatic rings. The van der Waals surface area contributed by atoms with E-state index >= 15 is 0 Å². The molecule has 0 radical (unpaired) electrons. The van der Waals surface area contributed by atoms with Gasteiger partial charge in [0, 0.05) is 44.5 Å². The van der Waals surface area contributed by atoms with E-state index in [1.54, 1.807) is 6.21 Å². The summed E-state index contributed by atoms with van der Waals surface area (Å²) in [6, 6.07) is 12.5. The molecule has 2 aliphatic rings. The van der Waals surface area contributed by atoms with Crippen molar-refractivity contribution in [2.45, 2.75) is 32.1 Å². The van der Waals surface area contributed by atoms with Gasteiger partial charge in [0.05, 0.1) is 6.21 Å². The molecule has 1 aliphatic carbocycles. The second-order valence-corrected chi connectivity index (χ2v) is 9.00. The molecule has 164 valence electrons. The Hall–Kier alpha value is -2.51. The number of benzene rings is 1. The van der Waals surface area contributed by atoms with Crippen LogP contribution in [0.1, 0.15) is 37.7 Å². The second-order valence-electron chi connectivity index (χ2n) is 8.56. The third kappa shape index (κ3) is 6.24. The first kappa shape index (κ1) is 21.7. The molecule has 3 N–H and O–H groups in total. The standard InChI is InChI=1S/C24H32N6S/c25-24(31)28-27-16-20-7-4-8-21(15-20)22-9-10-23(26-17-22)30-13-11-29(12-14-30)18-19-5-2-1-3-6-19/h4,7-10,15-17,19H,1-3,5-6,11-14,18H2,(H3,25,28,31)/b27-16+. The van der Waals surface area contributed by atoms with Crippen LogP contribution in [0.4, 0.5) is 5.82 Å². The molecule has 1 saturated carbocycles. The van der Waals surface area contributed by atoms with E-state index < -0.39 is 0 Å². The lowest BCUT2D eigenvalue weighted by Gasteiger charge is -2.37. The highest BCUT2D eigenvalue weighted by Gasteiger charge is 2.22. The van der Waals surface area contributed by atoms with Gasteiger partial charge in [-0.1, -0.05) is 37.5 Å². The maximum Gasteiger partial charge on any atom is 0.184 e. The highest BCUT2D eigenvalue weighted by atomic mass is 32.1. The first-order valence-corrected chi connectivity index (χ1v) is 11.7. The van der Waals surface area contributed by atoms with Gasteiger partial charge >= 0.3 is 0 Å². The lowest BCUT2D eigenvalue weighted by molar-refractivity contribution is 0.192. The van der Waals surface area contributed by atoms with E-state index in [2.05, 4.69) is 44.6 Å². The maximum absolute atomic E-state index is 5.39. The maximum atomic E-state index is 5.39. The number of nitrogens with one attached hydrogen (secondary N) is 1. The summed E-state index contributed by atoms with van der Waals surface area (Å²) in [5, 5.41) is 4.18. The van der Waals surface area contributed by atoms with E-state index in [4.69, 9.17) is 22.9 Å². The smallest absolute Gasteiger partial charge is 0.184 e. The van der Waals surface area contributed by atoms with Gasteiger partial charge in [0.1, 0.15) is 5.82 Å².